The number of rotatable bonds is 5. The van der Waals surface area contributed by atoms with E-state index in [1.807, 2.05) is 36.4 Å². The Hall–Kier alpha value is -1.52. The summed E-state index contributed by atoms with van der Waals surface area (Å²) in [6.07, 6.45) is 0. The van der Waals surface area contributed by atoms with E-state index >= 15 is 0 Å². The number of hydrogen-bond donors (Lipinski definition) is 2. The molecule has 0 aliphatic carbocycles. The van der Waals surface area contributed by atoms with Crippen molar-refractivity contribution in [1.82, 2.24) is 5.32 Å². The summed E-state index contributed by atoms with van der Waals surface area (Å²) in [4.78, 5) is 11.8. The van der Waals surface area contributed by atoms with Crippen LogP contribution in [-0.4, -0.2) is 12.5 Å². The van der Waals surface area contributed by atoms with Gasteiger partial charge in [0.25, 0.3) is 0 Å². The first kappa shape index (κ1) is 14.9. The number of anilines is 1. The molecule has 0 bridgehead atoms. The van der Waals surface area contributed by atoms with Crippen LogP contribution in [0.4, 0.5) is 5.69 Å². The van der Waals surface area contributed by atoms with E-state index in [2.05, 4.69) is 26.6 Å². The number of hydrogen-bond acceptors (Lipinski definition) is 2. The van der Waals surface area contributed by atoms with E-state index in [4.69, 9.17) is 11.6 Å². The molecule has 20 heavy (non-hydrogen) atoms. The number of amides is 1. The smallest absolute Gasteiger partial charge is 0.239 e. The van der Waals surface area contributed by atoms with Crippen LogP contribution in [-0.2, 0) is 11.3 Å². The molecule has 104 valence electrons. The van der Waals surface area contributed by atoms with Crippen molar-refractivity contribution >= 4 is 39.1 Å². The number of benzene rings is 2. The van der Waals surface area contributed by atoms with Crippen LogP contribution < -0.4 is 10.6 Å². The Balaban J connectivity index is 1.80. The van der Waals surface area contributed by atoms with Crippen LogP contribution in [0.5, 0.6) is 0 Å². The van der Waals surface area contributed by atoms with Gasteiger partial charge in [-0.2, -0.15) is 0 Å². The Kier molecular flexibility index (Phi) is 5.44. The SMILES string of the molecule is O=C(CNc1ccc(Cl)cc1Br)NCc1ccccc1. The summed E-state index contributed by atoms with van der Waals surface area (Å²) in [5.41, 5.74) is 1.91. The molecular weight excluding hydrogens is 340 g/mol. The Labute approximate surface area is 131 Å². The van der Waals surface area contributed by atoms with Crippen molar-refractivity contribution in [3.05, 3.63) is 63.6 Å². The van der Waals surface area contributed by atoms with Crippen molar-refractivity contribution < 1.29 is 4.79 Å². The minimum Gasteiger partial charge on any atom is -0.375 e. The van der Waals surface area contributed by atoms with Crippen molar-refractivity contribution in [3.8, 4) is 0 Å². The fourth-order valence-corrected chi connectivity index (χ4v) is 2.49. The third kappa shape index (κ3) is 4.54. The average Bonchev–Trinajstić information content (AvgIpc) is 2.45. The van der Waals surface area contributed by atoms with Gasteiger partial charge in [-0.1, -0.05) is 41.9 Å². The second-order valence-electron chi connectivity index (χ2n) is 4.24. The van der Waals surface area contributed by atoms with Gasteiger partial charge in [0.2, 0.25) is 5.91 Å². The van der Waals surface area contributed by atoms with Crippen molar-refractivity contribution in [2.45, 2.75) is 6.54 Å². The minimum atomic E-state index is -0.0595. The van der Waals surface area contributed by atoms with Crippen molar-refractivity contribution in [3.63, 3.8) is 0 Å². The Morgan fingerprint density at radius 2 is 1.90 bits per heavy atom. The summed E-state index contributed by atoms with van der Waals surface area (Å²) in [6, 6.07) is 15.2. The zero-order valence-electron chi connectivity index (χ0n) is 10.7. The lowest BCUT2D eigenvalue weighted by atomic mass is 10.2. The molecule has 0 aliphatic heterocycles. The molecule has 0 fully saturated rings. The molecule has 0 aliphatic rings. The van der Waals surface area contributed by atoms with Gasteiger partial charge in [-0.25, -0.2) is 0 Å². The summed E-state index contributed by atoms with van der Waals surface area (Å²) in [5.74, 6) is -0.0595. The third-order valence-corrected chi connectivity index (χ3v) is 3.59. The zero-order chi connectivity index (χ0) is 14.4. The largest absolute Gasteiger partial charge is 0.375 e. The van der Waals surface area contributed by atoms with Crippen LogP contribution in [0.15, 0.2) is 53.0 Å². The molecular formula is C15H14BrClN2O. The average molecular weight is 354 g/mol. The maximum atomic E-state index is 11.8. The predicted octanol–water partition coefficient (Wildman–Crippen LogP) is 3.83. The fraction of sp³-hybridized carbons (Fsp3) is 0.133. The van der Waals surface area contributed by atoms with E-state index in [9.17, 15) is 4.79 Å². The Morgan fingerprint density at radius 3 is 2.60 bits per heavy atom. The van der Waals surface area contributed by atoms with Crippen LogP contribution in [0.2, 0.25) is 5.02 Å². The highest BCUT2D eigenvalue weighted by atomic mass is 79.9. The lowest BCUT2D eigenvalue weighted by Gasteiger charge is -2.09. The van der Waals surface area contributed by atoms with Gasteiger partial charge in [0.1, 0.15) is 0 Å². The maximum absolute atomic E-state index is 11.8. The van der Waals surface area contributed by atoms with Crippen LogP contribution >= 0.6 is 27.5 Å². The molecule has 0 atom stereocenters. The molecule has 2 aromatic carbocycles. The van der Waals surface area contributed by atoms with Crippen molar-refractivity contribution in [2.24, 2.45) is 0 Å². The molecule has 2 N–H and O–H groups in total. The molecule has 0 radical (unpaired) electrons. The molecule has 0 saturated carbocycles. The van der Waals surface area contributed by atoms with Crippen LogP contribution in [0.3, 0.4) is 0 Å². The molecule has 0 saturated heterocycles. The van der Waals surface area contributed by atoms with Gasteiger partial charge in [-0.3, -0.25) is 4.79 Å². The van der Waals surface area contributed by atoms with E-state index in [0.29, 0.717) is 11.6 Å². The first-order valence-electron chi connectivity index (χ1n) is 6.15. The van der Waals surface area contributed by atoms with E-state index in [1.54, 1.807) is 12.1 Å². The van der Waals surface area contributed by atoms with E-state index in [-0.39, 0.29) is 12.5 Å². The zero-order valence-corrected chi connectivity index (χ0v) is 13.0. The second-order valence-corrected chi connectivity index (χ2v) is 5.53. The molecule has 1 amide bonds. The van der Waals surface area contributed by atoms with Gasteiger partial charge in [0, 0.05) is 21.7 Å². The molecule has 5 heteroatoms. The summed E-state index contributed by atoms with van der Waals surface area (Å²) in [6.45, 7) is 0.746. The van der Waals surface area contributed by atoms with Gasteiger partial charge >= 0.3 is 0 Å². The third-order valence-electron chi connectivity index (χ3n) is 2.70. The van der Waals surface area contributed by atoms with Crippen LogP contribution in [0, 0.1) is 0 Å². The predicted molar refractivity (Wildman–Crippen MR) is 85.9 cm³/mol. The summed E-state index contributed by atoms with van der Waals surface area (Å²) in [5, 5.41) is 6.56. The van der Waals surface area contributed by atoms with Crippen LogP contribution in [0.25, 0.3) is 0 Å². The first-order valence-corrected chi connectivity index (χ1v) is 7.32. The molecule has 0 heterocycles. The van der Waals surface area contributed by atoms with Crippen molar-refractivity contribution in [2.75, 3.05) is 11.9 Å². The number of nitrogens with one attached hydrogen (secondary N) is 2. The quantitative estimate of drug-likeness (QED) is 0.857. The highest BCUT2D eigenvalue weighted by molar-refractivity contribution is 9.10. The lowest BCUT2D eigenvalue weighted by Crippen LogP contribution is -2.29. The topological polar surface area (TPSA) is 41.1 Å². The molecule has 0 unspecified atom stereocenters. The van der Waals surface area contributed by atoms with E-state index in [0.717, 1.165) is 15.7 Å². The number of halogens is 2. The van der Waals surface area contributed by atoms with Gasteiger partial charge in [-0.05, 0) is 39.7 Å². The highest BCUT2D eigenvalue weighted by Crippen LogP contribution is 2.25. The standard InChI is InChI=1S/C15H14BrClN2O/c16-13-8-12(17)6-7-14(13)18-10-15(20)19-9-11-4-2-1-3-5-11/h1-8,18H,9-10H2,(H,19,20). The monoisotopic (exact) mass is 352 g/mol. The number of carbonyl (C=O) groups excluding carboxylic acids is 1. The molecule has 2 aromatic rings. The molecule has 3 nitrogen and oxygen atoms in total. The number of carbonyl (C=O) groups is 1. The summed E-state index contributed by atoms with van der Waals surface area (Å²) >= 11 is 9.25. The van der Waals surface area contributed by atoms with E-state index < -0.39 is 0 Å². The minimum absolute atomic E-state index is 0.0595. The van der Waals surface area contributed by atoms with Crippen LogP contribution in [0.1, 0.15) is 5.56 Å². The Morgan fingerprint density at radius 1 is 1.15 bits per heavy atom. The second kappa shape index (κ2) is 7.31. The van der Waals surface area contributed by atoms with Gasteiger partial charge in [0.05, 0.1) is 6.54 Å². The molecule has 2 rings (SSSR count). The Bertz CT molecular complexity index is 590. The maximum Gasteiger partial charge on any atom is 0.239 e. The van der Waals surface area contributed by atoms with Gasteiger partial charge < -0.3 is 10.6 Å². The van der Waals surface area contributed by atoms with E-state index in [1.165, 1.54) is 0 Å². The fourth-order valence-electron chi connectivity index (χ4n) is 1.67. The summed E-state index contributed by atoms with van der Waals surface area (Å²) in [7, 11) is 0. The first-order chi connectivity index (χ1) is 9.65. The van der Waals surface area contributed by atoms with Gasteiger partial charge in [0.15, 0.2) is 0 Å². The highest BCUT2D eigenvalue weighted by Gasteiger charge is 2.04. The summed E-state index contributed by atoms with van der Waals surface area (Å²) < 4.78 is 0.834. The molecule has 0 spiro atoms. The normalized spacial score (nSPS) is 10.1. The lowest BCUT2D eigenvalue weighted by molar-refractivity contribution is -0.119. The molecule has 0 aromatic heterocycles. The van der Waals surface area contributed by atoms with Crippen molar-refractivity contribution in [1.29, 1.82) is 0 Å². The van der Waals surface area contributed by atoms with Gasteiger partial charge in [-0.15, -0.1) is 0 Å².